The van der Waals surface area contributed by atoms with Crippen LogP contribution in [0.15, 0.2) is 41.3 Å². The first-order valence-electron chi connectivity index (χ1n) is 8.62. The van der Waals surface area contributed by atoms with Crippen LogP contribution in [0.5, 0.6) is 5.75 Å². The largest absolute Gasteiger partial charge is 0.482 e. The summed E-state index contributed by atoms with van der Waals surface area (Å²) in [5.74, 6) is -1.02. The van der Waals surface area contributed by atoms with E-state index in [1.807, 2.05) is 6.92 Å². The van der Waals surface area contributed by atoms with Gasteiger partial charge in [-0.2, -0.15) is 17.5 Å². The molecule has 0 radical (unpaired) electrons. The summed E-state index contributed by atoms with van der Waals surface area (Å²) in [4.78, 5) is 12.4. The van der Waals surface area contributed by atoms with Gasteiger partial charge in [0.1, 0.15) is 5.75 Å². The van der Waals surface area contributed by atoms with Gasteiger partial charge in [-0.3, -0.25) is 4.79 Å². The van der Waals surface area contributed by atoms with Crippen molar-refractivity contribution in [3.05, 3.63) is 52.5 Å². The second-order valence-corrected chi connectivity index (χ2v) is 9.08. The van der Waals surface area contributed by atoms with Crippen LogP contribution in [0.4, 0.5) is 18.9 Å². The second kappa shape index (κ2) is 9.23. The van der Waals surface area contributed by atoms with Crippen LogP contribution < -0.4 is 10.1 Å². The molecule has 0 fully saturated rings. The number of ether oxygens (including phenoxy) is 1. The maximum absolute atomic E-state index is 12.7. The maximum atomic E-state index is 12.7. The predicted molar refractivity (Wildman–Crippen MR) is 107 cm³/mol. The van der Waals surface area contributed by atoms with Gasteiger partial charge < -0.3 is 10.1 Å². The molecule has 0 bridgehead atoms. The van der Waals surface area contributed by atoms with Gasteiger partial charge in [0.2, 0.25) is 15.9 Å². The zero-order chi connectivity index (χ0) is 22.7. The Labute approximate surface area is 177 Å². The van der Waals surface area contributed by atoms with Crippen LogP contribution in [0.25, 0.3) is 0 Å². The normalized spacial score (nSPS) is 12.1. The lowest BCUT2D eigenvalue weighted by Gasteiger charge is -2.19. The fraction of sp³-hybridized carbons (Fsp3) is 0.316. The highest BCUT2D eigenvalue weighted by molar-refractivity contribution is 7.89. The van der Waals surface area contributed by atoms with Gasteiger partial charge in [-0.05, 0) is 55.3 Å². The molecule has 1 N–H and O–H groups in total. The summed E-state index contributed by atoms with van der Waals surface area (Å²) in [6, 6.07) is 8.29. The summed E-state index contributed by atoms with van der Waals surface area (Å²) in [5, 5.41) is 2.49. The van der Waals surface area contributed by atoms with E-state index in [2.05, 4.69) is 5.32 Å². The molecule has 30 heavy (non-hydrogen) atoms. The van der Waals surface area contributed by atoms with Crippen LogP contribution in [0.1, 0.15) is 11.1 Å². The number of nitrogens with one attached hydrogen (secondary N) is 1. The van der Waals surface area contributed by atoms with Crippen LogP contribution in [0.3, 0.4) is 0 Å². The first-order chi connectivity index (χ1) is 13.8. The van der Waals surface area contributed by atoms with Gasteiger partial charge in [-0.15, -0.1) is 0 Å². The third-order valence-corrected chi connectivity index (χ3v) is 6.19. The fourth-order valence-electron chi connectivity index (χ4n) is 2.42. The van der Waals surface area contributed by atoms with Crippen LogP contribution in [0.2, 0.25) is 5.02 Å². The minimum atomic E-state index is -4.57. The third-order valence-electron chi connectivity index (χ3n) is 4.16. The number of alkyl halides is 3. The molecule has 0 aromatic heterocycles. The van der Waals surface area contributed by atoms with Crippen molar-refractivity contribution in [2.45, 2.75) is 24.9 Å². The minimum Gasteiger partial charge on any atom is -0.482 e. The van der Waals surface area contributed by atoms with Gasteiger partial charge in [0.05, 0.1) is 17.1 Å². The molecule has 164 valence electrons. The van der Waals surface area contributed by atoms with Crippen molar-refractivity contribution in [3.8, 4) is 5.75 Å². The second-order valence-electron chi connectivity index (χ2n) is 6.60. The molecule has 0 aliphatic rings. The van der Waals surface area contributed by atoms with Gasteiger partial charge in [-0.25, -0.2) is 8.42 Å². The van der Waals surface area contributed by atoms with Gasteiger partial charge in [0.15, 0.2) is 6.61 Å². The minimum absolute atomic E-state index is 0.0258. The van der Waals surface area contributed by atoms with Crippen molar-refractivity contribution < 1.29 is 31.1 Å². The van der Waals surface area contributed by atoms with Gasteiger partial charge >= 0.3 is 6.18 Å². The molecule has 0 atom stereocenters. The lowest BCUT2D eigenvalue weighted by Crippen LogP contribution is -2.35. The zero-order valence-electron chi connectivity index (χ0n) is 16.4. The van der Waals surface area contributed by atoms with E-state index in [0.29, 0.717) is 0 Å². The summed E-state index contributed by atoms with van der Waals surface area (Å²) in [6.07, 6.45) is -4.57. The van der Waals surface area contributed by atoms with Crippen molar-refractivity contribution >= 4 is 33.2 Å². The average Bonchev–Trinajstić information content (AvgIpc) is 2.62. The number of benzene rings is 2. The smallest absolute Gasteiger partial charge is 0.422 e. The maximum Gasteiger partial charge on any atom is 0.422 e. The highest BCUT2D eigenvalue weighted by atomic mass is 35.5. The molecular weight excluding hydrogens is 445 g/mol. The van der Waals surface area contributed by atoms with E-state index < -0.39 is 35.3 Å². The van der Waals surface area contributed by atoms with Crippen molar-refractivity contribution in [2.75, 3.05) is 25.5 Å². The van der Waals surface area contributed by atoms with E-state index in [4.69, 9.17) is 16.3 Å². The predicted octanol–water partition coefficient (Wildman–Crippen LogP) is 4.16. The monoisotopic (exact) mass is 464 g/mol. The first kappa shape index (κ1) is 24.0. The third kappa shape index (κ3) is 6.35. The Bertz CT molecular complexity index is 1040. The zero-order valence-corrected chi connectivity index (χ0v) is 18.0. The average molecular weight is 465 g/mol. The Hall–Kier alpha value is -2.30. The summed E-state index contributed by atoms with van der Waals surface area (Å²) in [5.41, 5.74) is 1.59. The first-order valence-corrected chi connectivity index (χ1v) is 10.4. The van der Waals surface area contributed by atoms with Gasteiger partial charge in [0, 0.05) is 12.1 Å². The highest BCUT2D eigenvalue weighted by Gasteiger charge is 2.29. The quantitative estimate of drug-likeness (QED) is 0.667. The SMILES string of the molecule is Cc1ccc(S(=O)(=O)N(C)CC(=O)Nc2cc(Cl)ccc2OCC(F)(F)F)cc1C. The molecule has 0 aliphatic carbocycles. The summed E-state index contributed by atoms with van der Waals surface area (Å²) < 4.78 is 68.2. The summed E-state index contributed by atoms with van der Waals surface area (Å²) in [6.45, 7) is 1.48. The molecule has 0 heterocycles. The van der Waals surface area contributed by atoms with E-state index in [9.17, 15) is 26.4 Å². The Kier molecular flexibility index (Phi) is 7.38. The molecule has 0 unspecified atom stereocenters. The number of anilines is 1. The van der Waals surface area contributed by atoms with E-state index in [1.165, 1.54) is 37.4 Å². The molecule has 0 aliphatic heterocycles. The molecule has 1 amide bonds. The number of halogens is 4. The van der Waals surface area contributed by atoms with E-state index >= 15 is 0 Å². The molecule has 2 aromatic rings. The number of hydrogen-bond acceptors (Lipinski definition) is 4. The molecular formula is C19H20ClF3N2O4S. The van der Waals surface area contributed by atoms with Crippen LogP contribution in [-0.4, -0.2) is 45.0 Å². The Morgan fingerprint density at radius 1 is 1.13 bits per heavy atom. The Balaban J connectivity index is 2.14. The van der Waals surface area contributed by atoms with Crippen molar-refractivity contribution in [2.24, 2.45) is 0 Å². The van der Waals surface area contributed by atoms with E-state index in [0.717, 1.165) is 15.4 Å². The standard InChI is InChI=1S/C19H20ClF3N2O4S/c1-12-4-6-15(8-13(12)2)30(27,28)25(3)10-18(26)24-16-9-14(20)5-7-17(16)29-11-19(21,22)23/h4-9H,10-11H2,1-3H3,(H,24,26). The molecule has 0 saturated carbocycles. The topological polar surface area (TPSA) is 75.7 Å². The number of sulfonamides is 1. The van der Waals surface area contributed by atoms with E-state index in [-0.39, 0.29) is 21.4 Å². The molecule has 2 rings (SSSR count). The number of rotatable bonds is 7. The van der Waals surface area contributed by atoms with Crippen molar-refractivity contribution in [1.82, 2.24) is 4.31 Å². The van der Waals surface area contributed by atoms with Gasteiger partial charge in [-0.1, -0.05) is 17.7 Å². The number of hydrogen-bond donors (Lipinski definition) is 1. The number of nitrogens with zero attached hydrogens (tertiary/aromatic N) is 1. The fourth-order valence-corrected chi connectivity index (χ4v) is 3.80. The summed E-state index contributed by atoms with van der Waals surface area (Å²) >= 11 is 5.84. The molecule has 6 nitrogen and oxygen atoms in total. The lowest BCUT2D eigenvalue weighted by molar-refractivity contribution is -0.153. The van der Waals surface area contributed by atoms with Crippen LogP contribution in [-0.2, 0) is 14.8 Å². The van der Waals surface area contributed by atoms with Crippen molar-refractivity contribution in [3.63, 3.8) is 0 Å². The van der Waals surface area contributed by atoms with E-state index in [1.54, 1.807) is 13.0 Å². The highest BCUT2D eigenvalue weighted by Crippen LogP contribution is 2.30. The number of carbonyl (C=O) groups is 1. The number of carbonyl (C=O) groups excluding carboxylic acids is 1. The number of amides is 1. The molecule has 0 spiro atoms. The van der Waals surface area contributed by atoms with Crippen molar-refractivity contribution in [1.29, 1.82) is 0 Å². The van der Waals surface area contributed by atoms with Crippen LogP contribution in [0, 0.1) is 13.8 Å². The Morgan fingerprint density at radius 2 is 1.80 bits per heavy atom. The Morgan fingerprint density at radius 3 is 2.40 bits per heavy atom. The molecule has 0 saturated heterocycles. The summed E-state index contributed by atoms with van der Waals surface area (Å²) in [7, 11) is -2.72. The molecule has 2 aromatic carbocycles. The van der Waals surface area contributed by atoms with Crippen LogP contribution >= 0.6 is 11.6 Å². The molecule has 11 heteroatoms. The van der Waals surface area contributed by atoms with Gasteiger partial charge in [0.25, 0.3) is 0 Å². The number of likely N-dealkylation sites (N-methyl/N-ethyl adjacent to an activating group) is 1. The lowest BCUT2D eigenvalue weighted by atomic mass is 10.1. The number of aryl methyl sites for hydroxylation is 2.